The largest absolute Gasteiger partial charge is 0.495 e. The van der Waals surface area contributed by atoms with Crippen LogP contribution in [0, 0.1) is 5.92 Å². The maximum Gasteiger partial charge on any atom is 0.229 e. The minimum Gasteiger partial charge on any atom is -0.495 e. The number of halogens is 1. The molecule has 1 aliphatic heterocycles. The molecule has 1 saturated heterocycles. The number of hydrogen-bond donors (Lipinski definition) is 1. The van der Waals surface area contributed by atoms with Gasteiger partial charge < -0.3 is 19.5 Å². The molecule has 3 aromatic rings. The summed E-state index contributed by atoms with van der Waals surface area (Å²) in [4.78, 5) is 27.7. The van der Waals surface area contributed by atoms with Crippen molar-refractivity contribution in [1.29, 1.82) is 0 Å². The topological polar surface area (TPSA) is 89.3 Å². The highest BCUT2D eigenvalue weighted by Gasteiger charge is 2.36. The van der Waals surface area contributed by atoms with Crippen LogP contribution in [0.3, 0.4) is 0 Å². The number of amides is 2. The number of carbonyl (C=O) groups excluding carboxylic acids is 2. The smallest absolute Gasteiger partial charge is 0.229 e. The average molecular weight is 458 g/mol. The maximum absolute atomic E-state index is 12.8. The molecule has 2 heterocycles. The molecule has 2 amide bonds. The van der Waals surface area contributed by atoms with E-state index in [1.165, 1.54) is 11.8 Å². The van der Waals surface area contributed by atoms with E-state index in [4.69, 9.17) is 16.3 Å². The molecule has 2 aromatic carbocycles. The Kier molecular flexibility index (Phi) is 6.15. The highest BCUT2D eigenvalue weighted by molar-refractivity contribution is 7.99. The van der Waals surface area contributed by atoms with E-state index in [0.717, 1.165) is 4.90 Å². The lowest BCUT2D eigenvalue weighted by Gasteiger charge is -2.19. The molecule has 31 heavy (non-hydrogen) atoms. The zero-order valence-electron chi connectivity index (χ0n) is 16.9. The quantitative estimate of drug-likeness (QED) is 0.608. The van der Waals surface area contributed by atoms with E-state index in [1.54, 1.807) is 41.1 Å². The van der Waals surface area contributed by atoms with Crippen LogP contribution < -0.4 is 15.0 Å². The van der Waals surface area contributed by atoms with Crippen LogP contribution in [-0.4, -0.2) is 40.2 Å². The lowest BCUT2D eigenvalue weighted by Crippen LogP contribution is -2.28. The van der Waals surface area contributed by atoms with Gasteiger partial charge in [0.2, 0.25) is 11.8 Å². The van der Waals surface area contributed by atoms with Crippen molar-refractivity contribution in [2.24, 2.45) is 13.0 Å². The highest BCUT2D eigenvalue weighted by Crippen LogP contribution is 2.35. The number of hydrogen-bond acceptors (Lipinski definition) is 6. The van der Waals surface area contributed by atoms with Crippen LogP contribution >= 0.6 is 23.4 Å². The highest BCUT2D eigenvalue weighted by atomic mass is 35.5. The fourth-order valence-corrected chi connectivity index (χ4v) is 4.40. The lowest BCUT2D eigenvalue weighted by atomic mass is 10.1. The van der Waals surface area contributed by atoms with Crippen molar-refractivity contribution in [1.82, 2.24) is 14.8 Å². The van der Waals surface area contributed by atoms with Crippen LogP contribution in [-0.2, 0) is 16.6 Å². The van der Waals surface area contributed by atoms with Crippen LogP contribution in [0.5, 0.6) is 5.75 Å². The number of para-hydroxylation sites is 2. The Balaban J connectivity index is 1.43. The van der Waals surface area contributed by atoms with Crippen LogP contribution in [0.4, 0.5) is 11.4 Å². The molecule has 0 radical (unpaired) electrons. The molecule has 1 aliphatic rings. The van der Waals surface area contributed by atoms with Gasteiger partial charge in [-0.1, -0.05) is 23.7 Å². The lowest BCUT2D eigenvalue weighted by molar-refractivity contribution is -0.122. The molecule has 0 aliphatic carbocycles. The first-order chi connectivity index (χ1) is 15.0. The summed E-state index contributed by atoms with van der Waals surface area (Å²) in [6, 6.07) is 12.6. The van der Waals surface area contributed by atoms with E-state index in [-0.39, 0.29) is 18.2 Å². The number of rotatable bonds is 6. The van der Waals surface area contributed by atoms with Crippen molar-refractivity contribution in [3.8, 4) is 5.75 Å². The molecular formula is C21H20ClN5O3S. The molecule has 1 unspecified atom stereocenters. The normalized spacial score (nSPS) is 15.9. The van der Waals surface area contributed by atoms with Gasteiger partial charge in [0.1, 0.15) is 12.1 Å². The van der Waals surface area contributed by atoms with Gasteiger partial charge in [0, 0.05) is 30.6 Å². The maximum atomic E-state index is 12.8. The fourth-order valence-electron chi connectivity index (χ4n) is 3.34. The monoisotopic (exact) mass is 457 g/mol. The Morgan fingerprint density at radius 2 is 2.10 bits per heavy atom. The number of methoxy groups -OCH3 is 1. The zero-order valence-corrected chi connectivity index (χ0v) is 18.5. The number of aromatic nitrogens is 3. The Bertz CT molecular complexity index is 1140. The molecule has 0 saturated carbocycles. The van der Waals surface area contributed by atoms with Gasteiger partial charge in [-0.15, -0.1) is 10.2 Å². The Morgan fingerprint density at radius 3 is 2.81 bits per heavy atom. The van der Waals surface area contributed by atoms with E-state index < -0.39 is 5.92 Å². The SMILES string of the molecule is COc1ccccc1N1CC(C(=O)Nc2ccc(Sc3nncn3C)c(Cl)c2)CC1=O. The van der Waals surface area contributed by atoms with Gasteiger partial charge in [0.25, 0.3) is 0 Å². The molecule has 8 nitrogen and oxygen atoms in total. The van der Waals surface area contributed by atoms with Crippen molar-refractivity contribution in [2.45, 2.75) is 16.5 Å². The summed E-state index contributed by atoms with van der Waals surface area (Å²) in [5.74, 6) is -0.211. The molecule has 1 N–H and O–H groups in total. The second-order valence-electron chi connectivity index (χ2n) is 7.04. The third-order valence-electron chi connectivity index (χ3n) is 4.94. The van der Waals surface area contributed by atoms with Crippen LogP contribution in [0.25, 0.3) is 0 Å². The zero-order chi connectivity index (χ0) is 22.0. The van der Waals surface area contributed by atoms with Gasteiger partial charge in [0.15, 0.2) is 5.16 Å². The second-order valence-corrected chi connectivity index (χ2v) is 8.45. The van der Waals surface area contributed by atoms with E-state index in [2.05, 4.69) is 15.5 Å². The number of carbonyl (C=O) groups is 2. The standard InChI is InChI=1S/C21H20ClN5O3S/c1-26-12-23-25-21(26)31-18-8-7-14(10-15(18)22)24-20(29)13-9-19(28)27(11-13)16-5-3-4-6-17(16)30-2/h3-8,10,12-13H,9,11H2,1-2H3,(H,24,29). The fraction of sp³-hybridized carbons (Fsp3) is 0.238. The molecule has 1 fully saturated rings. The predicted octanol–water partition coefficient (Wildman–Crippen LogP) is 3.62. The minimum atomic E-state index is -0.469. The van der Waals surface area contributed by atoms with Crippen molar-refractivity contribution in [3.63, 3.8) is 0 Å². The van der Waals surface area contributed by atoms with Gasteiger partial charge in [-0.2, -0.15) is 0 Å². The molecule has 1 aromatic heterocycles. The Hall–Kier alpha value is -3.04. The number of nitrogens with zero attached hydrogens (tertiary/aromatic N) is 4. The molecule has 10 heteroatoms. The molecular weight excluding hydrogens is 438 g/mol. The number of ether oxygens (including phenoxy) is 1. The van der Waals surface area contributed by atoms with Crippen molar-refractivity contribution < 1.29 is 14.3 Å². The molecule has 0 spiro atoms. The van der Waals surface area contributed by atoms with Gasteiger partial charge >= 0.3 is 0 Å². The third kappa shape index (κ3) is 4.52. The van der Waals surface area contributed by atoms with E-state index in [0.29, 0.717) is 33.8 Å². The summed E-state index contributed by atoms with van der Waals surface area (Å²) in [6.45, 7) is 0.291. The van der Waals surface area contributed by atoms with E-state index in [9.17, 15) is 9.59 Å². The number of anilines is 2. The number of nitrogens with one attached hydrogen (secondary N) is 1. The average Bonchev–Trinajstić information content (AvgIpc) is 3.35. The predicted molar refractivity (Wildman–Crippen MR) is 119 cm³/mol. The minimum absolute atomic E-state index is 0.113. The van der Waals surface area contributed by atoms with E-state index >= 15 is 0 Å². The summed E-state index contributed by atoms with van der Waals surface area (Å²) < 4.78 is 7.14. The Morgan fingerprint density at radius 1 is 1.29 bits per heavy atom. The summed E-state index contributed by atoms with van der Waals surface area (Å²) >= 11 is 7.78. The molecule has 1 atom stereocenters. The van der Waals surface area contributed by atoms with Gasteiger partial charge in [0.05, 0.1) is 23.7 Å². The number of aryl methyl sites for hydroxylation is 1. The molecule has 160 valence electrons. The molecule has 4 rings (SSSR count). The first-order valence-corrected chi connectivity index (χ1v) is 10.7. The Labute approximate surface area is 188 Å². The first kappa shape index (κ1) is 21.2. The van der Waals surface area contributed by atoms with Gasteiger partial charge in [-0.05, 0) is 42.1 Å². The second kappa shape index (κ2) is 8.99. The number of benzene rings is 2. The van der Waals surface area contributed by atoms with Crippen molar-refractivity contribution in [3.05, 3.63) is 53.8 Å². The summed E-state index contributed by atoms with van der Waals surface area (Å²) in [7, 11) is 3.40. The van der Waals surface area contributed by atoms with Gasteiger partial charge in [-0.25, -0.2) is 0 Å². The van der Waals surface area contributed by atoms with E-state index in [1.807, 2.05) is 31.3 Å². The van der Waals surface area contributed by atoms with Crippen LogP contribution in [0.2, 0.25) is 5.02 Å². The van der Waals surface area contributed by atoms with Crippen molar-refractivity contribution >= 4 is 46.6 Å². The third-order valence-corrected chi connectivity index (χ3v) is 6.50. The van der Waals surface area contributed by atoms with Crippen LogP contribution in [0.1, 0.15) is 6.42 Å². The summed E-state index contributed by atoms with van der Waals surface area (Å²) in [6.07, 6.45) is 1.75. The van der Waals surface area contributed by atoms with Crippen LogP contribution in [0.15, 0.2) is 58.8 Å². The summed E-state index contributed by atoms with van der Waals surface area (Å²) in [5, 5.41) is 11.9. The van der Waals surface area contributed by atoms with Crippen molar-refractivity contribution in [2.75, 3.05) is 23.9 Å². The van der Waals surface area contributed by atoms with Gasteiger partial charge in [-0.3, -0.25) is 9.59 Å². The summed E-state index contributed by atoms with van der Waals surface area (Å²) in [5.41, 5.74) is 1.24. The molecule has 0 bridgehead atoms. The first-order valence-electron chi connectivity index (χ1n) is 9.52.